The number of rotatable bonds is 7. The van der Waals surface area contributed by atoms with Crippen molar-refractivity contribution in [1.29, 1.82) is 0 Å². The van der Waals surface area contributed by atoms with Gasteiger partial charge in [-0.25, -0.2) is 4.79 Å². The Morgan fingerprint density at radius 1 is 1.33 bits per heavy atom. The van der Waals surface area contributed by atoms with E-state index in [-0.39, 0.29) is 25.0 Å². The molecular weight excluding hydrogens is 270 g/mol. The number of amides is 2. The lowest BCUT2D eigenvalue weighted by molar-refractivity contribution is -0.137. The minimum atomic E-state index is -0.885. The van der Waals surface area contributed by atoms with Crippen LogP contribution in [0.15, 0.2) is 24.3 Å². The van der Waals surface area contributed by atoms with Crippen LogP contribution in [0.5, 0.6) is 0 Å². The molecule has 0 spiro atoms. The third kappa shape index (κ3) is 4.46. The molecule has 0 unspecified atom stereocenters. The minimum Gasteiger partial charge on any atom is -0.481 e. The summed E-state index contributed by atoms with van der Waals surface area (Å²) in [5.74, 6) is -0.885. The van der Waals surface area contributed by atoms with Crippen LogP contribution < -0.4 is 10.6 Å². The fourth-order valence-electron chi connectivity index (χ4n) is 2.23. The van der Waals surface area contributed by atoms with Gasteiger partial charge in [0, 0.05) is 24.8 Å². The molecule has 0 aromatic heterocycles. The summed E-state index contributed by atoms with van der Waals surface area (Å²) < 4.78 is 0. The van der Waals surface area contributed by atoms with E-state index in [1.165, 1.54) is 0 Å². The topological polar surface area (TPSA) is 81.7 Å². The second kappa shape index (κ2) is 7.08. The van der Waals surface area contributed by atoms with Gasteiger partial charge in [0.05, 0.1) is 6.42 Å². The Bertz CT molecular complexity index is 515. The molecule has 1 saturated carbocycles. The zero-order chi connectivity index (χ0) is 15.2. The Labute approximate surface area is 124 Å². The zero-order valence-electron chi connectivity index (χ0n) is 12.1. The Kier molecular flexibility index (Phi) is 5.16. The van der Waals surface area contributed by atoms with Gasteiger partial charge in [0.2, 0.25) is 0 Å². The molecule has 0 heterocycles. The van der Waals surface area contributed by atoms with Gasteiger partial charge in [0.1, 0.15) is 0 Å². The van der Waals surface area contributed by atoms with Crippen LogP contribution in [0.3, 0.4) is 0 Å². The summed E-state index contributed by atoms with van der Waals surface area (Å²) in [5.41, 5.74) is 1.76. The van der Waals surface area contributed by atoms with Crippen molar-refractivity contribution in [3.05, 3.63) is 29.8 Å². The number of urea groups is 1. The third-order valence-electron chi connectivity index (χ3n) is 3.44. The number of carboxylic acids is 1. The van der Waals surface area contributed by atoms with Gasteiger partial charge < -0.3 is 20.6 Å². The highest BCUT2D eigenvalue weighted by atomic mass is 16.4. The molecule has 1 fully saturated rings. The molecule has 6 nitrogen and oxygen atoms in total. The third-order valence-corrected chi connectivity index (χ3v) is 3.44. The maximum absolute atomic E-state index is 12.4. The van der Waals surface area contributed by atoms with E-state index < -0.39 is 5.97 Å². The van der Waals surface area contributed by atoms with Gasteiger partial charge in [-0.2, -0.15) is 0 Å². The van der Waals surface area contributed by atoms with Crippen LogP contribution in [0.25, 0.3) is 0 Å². The van der Waals surface area contributed by atoms with E-state index in [0.29, 0.717) is 6.54 Å². The van der Waals surface area contributed by atoms with Crippen molar-refractivity contribution >= 4 is 17.7 Å². The number of para-hydroxylation sites is 1. The number of nitrogens with one attached hydrogen (secondary N) is 2. The number of carboxylic acid groups (broad SMARTS) is 1. The number of nitrogens with zero attached hydrogens (tertiary/aromatic N) is 1. The zero-order valence-corrected chi connectivity index (χ0v) is 12.1. The van der Waals surface area contributed by atoms with Crippen molar-refractivity contribution in [1.82, 2.24) is 10.2 Å². The molecule has 2 rings (SSSR count). The van der Waals surface area contributed by atoms with Crippen molar-refractivity contribution in [3.8, 4) is 0 Å². The van der Waals surface area contributed by atoms with E-state index in [0.717, 1.165) is 24.1 Å². The molecule has 6 heteroatoms. The number of aliphatic carboxylic acids is 1. The molecule has 3 N–H and O–H groups in total. The van der Waals surface area contributed by atoms with Crippen LogP contribution in [0.4, 0.5) is 10.5 Å². The van der Waals surface area contributed by atoms with Gasteiger partial charge >= 0.3 is 12.0 Å². The summed E-state index contributed by atoms with van der Waals surface area (Å²) in [5, 5.41) is 14.7. The van der Waals surface area contributed by atoms with Crippen LogP contribution in [-0.2, 0) is 11.3 Å². The summed E-state index contributed by atoms with van der Waals surface area (Å²) in [6.07, 6.45) is 1.87. The lowest BCUT2D eigenvalue weighted by Crippen LogP contribution is -2.38. The highest BCUT2D eigenvalue weighted by molar-refractivity contribution is 5.90. The highest BCUT2D eigenvalue weighted by Gasteiger charge is 2.32. The second-order valence-electron chi connectivity index (χ2n) is 5.19. The Morgan fingerprint density at radius 3 is 2.67 bits per heavy atom. The number of hydrogen-bond acceptors (Lipinski definition) is 3. The lowest BCUT2D eigenvalue weighted by atomic mass is 10.2. The molecule has 0 saturated heterocycles. The van der Waals surface area contributed by atoms with Crippen LogP contribution in [-0.4, -0.2) is 41.6 Å². The normalized spacial score (nSPS) is 13.8. The molecular formula is C15H21N3O3. The molecule has 114 valence electrons. The summed E-state index contributed by atoms with van der Waals surface area (Å²) in [6.45, 7) is 0.912. The maximum atomic E-state index is 12.4. The van der Waals surface area contributed by atoms with E-state index in [4.69, 9.17) is 5.11 Å². The van der Waals surface area contributed by atoms with Gasteiger partial charge in [-0.3, -0.25) is 4.79 Å². The first-order valence-corrected chi connectivity index (χ1v) is 7.13. The number of anilines is 1. The molecule has 1 aromatic carbocycles. The average Bonchev–Trinajstić information content (AvgIpc) is 3.26. The first-order chi connectivity index (χ1) is 10.1. The molecule has 0 bridgehead atoms. The molecule has 0 atom stereocenters. The fraction of sp³-hybridized carbons (Fsp3) is 0.467. The van der Waals surface area contributed by atoms with E-state index >= 15 is 0 Å². The number of benzene rings is 1. The predicted octanol–water partition coefficient (Wildman–Crippen LogP) is 1.88. The lowest BCUT2D eigenvalue weighted by Gasteiger charge is -2.23. The van der Waals surface area contributed by atoms with Gasteiger partial charge in [-0.05, 0) is 31.5 Å². The van der Waals surface area contributed by atoms with E-state index in [1.807, 2.05) is 31.3 Å². The first kappa shape index (κ1) is 15.3. The van der Waals surface area contributed by atoms with Gasteiger partial charge in [0.25, 0.3) is 0 Å². The van der Waals surface area contributed by atoms with Crippen molar-refractivity contribution < 1.29 is 14.7 Å². The van der Waals surface area contributed by atoms with Gasteiger partial charge in [-0.1, -0.05) is 18.2 Å². The number of carbonyl (C=O) groups is 2. The molecule has 0 radical (unpaired) electrons. The fourth-order valence-corrected chi connectivity index (χ4v) is 2.23. The molecule has 1 aromatic rings. The Hall–Kier alpha value is -2.08. The van der Waals surface area contributed by atoms with Crippen molar-refractivity contribution in [2.45, 2.75) is 31.8 Å². The SMILES string of the molecule is CNCc1ccccc1NC(=O)N(CCC(=O)O)C1CC1. The minimum absolute atomic E-state index is 0.0257. The summed E-state index contributed by atoms with van der Waals surface area (Å²) in [7, 11) is 1.85. The first-order valence-electron chi connectivity index (χ1n) is 7.13. The number of hydrogen-bond donors (Lipinski definition) is 3. The largest absolute Gasteiger partial charge is 0.481 e. The number of carbonyl (C=O) groups excluding carboxylic acids is 1. The van der Waals surface area contributed by atoms with Crippen LogP contribution in [0.2, 0.25) is 0 Å². The molecule has 1 aliphatic rings. The Morgan fingerprint density at radius 2 is 2.05 bits per heavy atom. The van der Waals surface area contributed by atoms with Crippen LogP contribution in [0, 0.1) is 0 Å². The Balaban J connectivity index is 2.02. The van der Waals surface area contributed by atoms with Crippen LogP contribution in [0.1, 0.15) is 24.8 Å². The van der Waals surface area contributed by atoms with E-state index in [9.17, 15) is 9.59 Å². The summed E-state index contributed by atoms with van der Waals surface area (Å²) in [4.78, 5) is 24.7. The molecule has 0 aliphatic heterocycles. The monoisotopic (exact) mass is 291 g/mol. The second-order valence-corrected chi connectivity index (χ2v) is 5.19. The highest BCUT2D eigenvalue weighted by Crippen LogP contribution is 2.28. The van der Waals surface area contributed by atoms with Crippen molar-refractivity contribution in [2.24, 2.45) is 0 Å². The molecule has 2 amide bonds. The summed E-state index contributed by atoms with van der Waals surface area (Å²) >= 11 is 0. The van der Waals surface area contributed by atoms with Gasteiger partial charge in [0.15, 0.2) is 0 Å². The van der Waals surface area contributed by atoms with E-state index in [1.54, 1.807) is 4.90 Å². The maximum Gasteiger partial charge on any atom is 0.322 e. The average molecular weight is 291 g/mol. The predicted molar refractivity (Wildman–Crippen MR) is 80.2 cm³/mol. The van der Waals surface area contributed by atoms with Crippen molar-refractivity contribution in [3.63, 3.8) is 0 Å². The van der Waals surface area contributed by atoms with E-state index in [2.05, 4.69) is 10.6 Å². The summed E-state index contributed by atoms with van der Waals surface area (Å²) in [6, 6.07) is 7.56. The molecule has 21 heavy (non-hydrogen) atoms. The van der Waals surface area contributed by atoms with Crippen molar-refractivity contribution in [2.75, 3.05) is 18.9 Å². The smallest absolute Gasteiger partial charge is 0.322 e. The quantitative estimate of drug-likeness (QED) is 0.716. The van der Waals surface area contributed by atoms with Crippen LogP contribution >= 0.6 is 0 Å². The van der Waals surface area contributed by atoms with Gasteiger partial charge in [-0.15, -0.1) is 0 Å². The standard InChI is InChI=1S/C15H21N3O3/c1-16-10-11-4-2-3-5-13(11)17-15(21)18(12-6-7-12)9-8-14(19)20/h2-5,12,16H,6-10H2,1H3,(H,17,21)(H,19,20). The molecule has 1 aliphatic carbocycles.